The first kappa shape index (κ1) is 16.3. The highest BCUT2D eigenvalue weighted by Gasteiger charge is 2.35. The van der Waals surface area contributed by atoms with E-state index in [1.54, 1.807) is 23.1 Å². The molecule has 0 saturated carbocycles. The Kier molecular flexibility index (Phi) is 4.16. The standard InChI is InChI=1S/C17H14F3N3O/c18-17(19,20)13-3-1-2-12(6-13)15-7-14(24)10-23(15)16-5-4-11(8-21)9-22-16/h1-6,9,14-15,24H,7,10H2/t14-,15+/m1/s1. The van der Waals surface area contributed by atoms with Crippen LogP contribution in [0.5, 0.6) is 0 Å². The van der Waals surface area contributed by atoms with Crippen molar-refractivity contribution in [1.82, 2.24) is 4.98 Å². The van der Waals surface area contributed by atoms with E-state index in [-0.39, 0.29) is 6.54 Å². The number of anilines is 1. The number of aliphatic hydroxyl groups is 1. The maximum absolute atomic E-state index is 12.9. The largest absolute Gasteiger partial charge is 0.416 e. The molecular formula is C17H14F3N3O. The number of hydrogen-bond acceptors (Lipinski definition) is 4. The van der Waals surface area contributed by atoms with Crippen LogP contribution in [0.25, 0.3) is 0 Å². The van der Waals surface area contributed by atoms with E-state index in [9.17, 15) is 18.3 Å². The lowest BCUT2D eigenvalue weighted by atomic mass is 10.0. The number of halogens is 3. The first-order valence-corrected chi connectivity index (χ1v) is 7.36. The summed E-state index contributed by atoms with van der Waals surface area (Å²) in [7, 11) is 0. The third-order valence-electron chi connectivity index (χ3n) is 4.05. The van der Waals surface area contributed by atoms with Crippen molar-refractivity contribution in [2.45, 2.75) is 24.7 Å². The lowest BCUT2D eigenvalue weighted by molar-refractivity contribution is -0.137. The number of rotatable bonds is 2. The fourth-order valence-corrected chi connectivity index (χ4v) is 2.93. The summed E-state index contributed by atoms with van der Waals surface area (Å²) < 4.78 is 38.8. The SMILES string of the molecule is N#Cc1ccc(N2C[C@H](O)C[C@H]2c2cccc(C(F)(F)F)c2)nc1. The van der Waals surface area contributed by atoms with Crippen molar-refractivity contribution in [1.29, 1.82) is 5.26 Å². The van der Waals surface area contributed by atoms with Crippen molar-refractivity contribution >= 4 is 5.82 Å². The van der Waals surface area contributed by atoms with E-state index in [0.717, 1.165) is 12.1 Å². The summed E-state index contributed by atoms with van der Waals surface area (Å²) >= 11 is 0. The number of pyridine rings is 1. The van der Waals surface area contributed by atoms with Crippen molar-refractivity contribution in [3.05, 3.63) is 59.3 Å². The fourth-order valence-electron chi connectivity index (χ4n) is 2.93. The second kappa shape index (κ2) is 6.13. The lowest BCUT2D eigenvalue weighted by Crippen LogP contribution is -2.25. The molecule has 1 aliphatic heterocycles. The van der Waals surface area contributed by atoms with Gasteiger partial charge in [-0.15, -0.1) is 0 Å². The van der Waals surface area contributed by atoms with Gasteiger partial charge < -0.3 is 10.0 Å². The molecule has 2 aromatic rings. The smallest absolute Gasteiger partial charge is 0.391 e. The average molecular weight is 333 g/mol. The molecular weight excluding hydrogens is 319 g/mol. The third kappa shape index (κ3) is 3.19. The Labute approximate surface area is 136 Å². The minimum absolute atomic E-state index is 0.278. The predicted octanol–water partition coefficient (Wildman–Crippen LogP) is 3.28. The maximum atomic E-state index is 12.9. The molecule has 2 heterocycles. The number of hydrogen-bond donors (Lipinski definition) is 1. The van der Waals surface area contributed by atoms with Gasteiger partial charge in [0, 0.05) is 12.7 Å². The number of nitrogens with zero attached hydrogens (tertiary/aromatic N) is 3. The number of β-amino-alcohol motifs (C(OH)–C–C–N with tert-alkyl or cyclic N) is 1. The number of benzene rings is 1. The summed E-state index contributed by atoms with van der Waals surface area (Å²) in [5.74, 6) is 0.521. The quantitative estimate of drug-likeness (QED) is 0.916. The molecule has 2 atom stereocenters. The summed E-state index contributed by atoms with van der Waals surface area (Å²) in [5, 5.41) is 18.8. The monoisotopic (exact) mass is 333 g/mol. The zero-order valence-electron chi connectivity index (χ0n) is 12.5. The molecule has 4 nitrogen and oxygen atoms in total. The topological polar surface area (TPSA) is 60.2 Å². The van der Waals surface area contributed by atoms with Crippen LogP contribution in [0.3, 0.4) is 0 Å². The summed E-state index contributed by atoms with van der Waals surface area (Å²) in [5.41, 5.74) is 0.163. The normalized spacial score (nSPS) is 20.9. The number of aliphatic hydroxyl groups excluding tert-OH is 1. The van der Waals surface area contributed by atoms with Crippen LogP contribution < -0.4 is 4.90 Å². The van der Waals surface area contributed by atoms with Crippen LogP contribution in [-0.4, -0.2) is 22.7 Å². The van der Waals surface area contributed by atoms with Crippen LogP contribution in [0.2, 0.25) is 0 Å². The summed E-state index contributed by atoms with van der Waals surface area (Å²) in [4.78, 5) is 5.95. The molecule has 0 amide bonds. The Bertz CT molecular complexity index is 768. The van der Waals surface area contributed by atoms with Crippen LogP contribution in [0, 0.1) is 11.3 Å². The van der Waals surface area contributed by atoms with Gasteiger partial charge in [0.15, 0.2) is 0 Å². The first-order valence-electron chi connectivity index (χ1n) is 7.36. The molecule has 0 aliphatic carbocycles. The highest BCUT2D eigenvalue weighted by atomic mass is 19.4. The molecule has 1 aromatic carbocycles. The predicted molar refractivity (Wildman–Crippen MR) is 81.1 cm³/mol. The summed E-state index contributed by atoms with van der Waals surface area (Å²) in [6.45, 7) is 0.278. The average Bonchev–Trinajstić information content (AvgIpc) is 2.96. The third-order valence-corrected chi connectivity index (χ3v) is 4.05. The molecule has 1 aromatic heterocycles. The van der Waals surface area contributed by atoms with Crippen molar-refractivity contribution in [2.24, 2.45) is 0 Å². The molecule has 7 heteroatoms. The molecule has 124 valence electrons. The highest BCUT2D eigenvalue weighted by molar-refractivity contribution is 5.47. The summed E-state index contributed by atoms with van der Waals surface area (Å²) in [6.07, 6.45) is -3.33. The minimum Gasteiger partial charge on any atom is -0.391 e. The molecule has 24 heavy (non-hydrogen) atoms. The Morgan fingerprint density at radius 3 is 2.67 bits per heavy atom. The van der Waals surface area contributed by atoms with Gasteiger partial charge in [-0.1, -0.05) is 12.1 Å². The first-order chi connectivity index (χ1) is 11.4. The molecule has 1 fully saturated rings. The van der Waals surface area contributed by atoms with Crippen molar-refractivity contribution in [3.8, 4) is 6.07 Å². The fraction of sp³-hybridized carbons (Fsp3) is 0.294. The van der Waals surface area contributed by atoms with Crippen molar-refractivity contribution in [3.63, 3.8) is 0 Å². The minimum atomic E-state index is -4.41. The zero-order valence-corrected chi connectivity index (χ0v) is 12.5. The maximum Gasteiger partial charge on any atom is 0.416 e. The molecule has 1 N–H and O–H groups in total. The number of aromatic nitrogens is 1. The van der Waals surface area contributed by atoms with E-state index in [1.165, 1.54) is 12.3 Å². The van der Waals surface area contributed by atoms with Crippen LogP contribution in [0.15, 0.2) is 42.6 Å². The van der Waals surface area contributed by atoms with Gasteiger partial charge in [0.05, 0.1) is 23.3 Å². The van der Waals surface area contributed by atoms with E-state index in [1.807, 2.05) is 6.07 Å². The van der Waals surface area contributed by atoms with E-state index >= 15 is 0 Å². The Morgan fingerprint density at radius 2 is 2.04 bits per heavy atom. The van der Waals surface area contributed by atoms with E-state index < -0.39 is 23.9 Å². The Hall–Kier alpha value is -2.59. The van der Waals surface area contributed by atoms with Gasteiger partial charge >= 0.3 is 6.18 Å². The van der Waals surface area contributed by atoms with Gasteiger partial charge in [0.25, 0.3) is 0 Å². The molecule has 3 rings (SSSR count). The van der Waals surface area contributed by atoms with Crippen LogP contribution in [0.1, 0.15) is 29.2 Å². The van der Waals surface area contributed by atoms with Crippen molar-refractivity contribution < 1.29 is 18.3 Å². The van der Waals surface area contributed by atoms with Gasteiger partial charge in [-0.25, -0.2) is 4.98 Å². The Morgan fingerprint density at radius 1 is 1.25 bits per heavy atom. The van der Waals surface area contributed by atoms with Crippen molar-refractivity contribution in [2.75, 3.05) is 11.4 Å². The zero-order chi connectivity index (χ0) is 17.3. The molecule has 0 bridgehead atoms. The van der Waals surface area contributed by atoms with Gasteiger partial charge in [0.2, 0.25) is 0 Å². The van der Waals surface area contributed by atoms with E-state index in [0.29, 0.717) is 23.4 Å². The van der Waals surface area contributed by atoms with E-state index in [4.69, 9.17) is 5.26 Å². The van der Waals surface area contributed by atoms with Crippen LogP contribution in [-0.2, 0) is 6.18 Å². The van der Waals surface area contributed by atoms with Gasteiger partial charge in [-0.2, -0.15) is 18.4 Å². The van der Waals surface area contributed by atoms with Crippen LogP contribution in [0.4, 0.5) is 19.0 Å². The number of alkyl halides is 3. The molecule has 1 aliphatic rings. The molecule has 0 radical (unpaired) electrons. The number of nitriles is 1. The second-order valence-electron chi connectivity index (χ2n) is 5.70. The van der Waals surface area contributed by atoms with E-state index in [2.05, 4.69) is 4.98 Å². The van der Waals surface area contributed by atoms with Gasteiger partial charge in [-0.3, -0.25) is 0 Å². The molecule has 0 unspecified atom stereocenters. The van der Waals surface area contributed by atoms with Crippen LogP contribution >= 0.6 is 0 Å². The van der Waals surface area contributed by atoms with Gasteiger partial charge in [-0.05, 0) is 36.2 Å². The Balaban J connectivity index is 1.95. The van der Waals surface area contributed by atoms with Gasteiger partial charge in [0.1, 0.15) is 11.9 Å². The highest BCUT2D eigenvalue weighted by Crippen LogP contribution is 2.38. The summed E-state index contributed by atoms with van der Waals surface area (Å²) in [6, 6.07) is 9.92. The molecule has 0 spiro atoms. The molecule has 1 saturated heterocycles. The second-order valence-corrected chi connectivity index (χ2v) is 5.70. The lowest BCUT2D eigenvalue weighted by Gasteiger charge is -2.26.